The van der Waals surface area contributed by atoms with Crippen molar-refractivity contribution in [2.24, 2.45) is 23.2 Å². The first-order chi connectivity index (χ1) is 7.48. The van der Waals surface area contributed by atoms with Crippen LogP contribution in [0, 0.1) is 23.2 Å². The molecule has 0 unspecified atom stereocenters. The van der Waals surface area contributed by atoms with E-state index in [0.29, 0.717) is 29.9 Å². The lowest BCUT2D eigenvalue weighted by molar-refractivity contribution is -0.121. The molecule has 0 spiro atoms. The van der Waals surface area contributed by atoms with E-state index in [-0.39, 0.29) is 11.2 Å². The van der Waals surface area contributed by atoms with E-state index in [9.17, 15) is 4.79 Å². The molecule has 2 aliphatic rings. The molecule has 0 saturated heterocycles. The van der Waals surface area contributed by atoms with Gasteiger partial charge in [0, 0.05) is 6.42 Å². The molecule has 1 saturated carbocycles. The normalized spacial score (nSPS) is 38.6. The molecule has 0 aliphatic heterocycles. The summed E-state index contributed by atoms with van der Waals surface area (Å²) in [6.45, 7) is 6.83. The molecule has 2 nitrogen and oxygen atoms in total. The molecular weight excluding hydrogens is 200 g/mol. The van der Waals surface area contributed by atoms with E-state index in [1.165, 1.54) is 12.8 Å². The minimum atomic E-state index is 0.189. The zero-order valence-electron chi connectivity index (χ0n) is 10.7. The molecular formula is C14H22O2. The number of Topliss-reactive ketones (excluding diaryl/α,β-unsaturated/α-hetero) is 1. The Labute approximate surface area is 98.1 Å². The van der Waals surface area contributed by atoms with Crippen molar-refractivity contribution in [3.8, 4) is 0 Å². The Bertz CT molecular complexity index is 330. The van der Waals surface area contributed by atoms with Crippen LogP contribution in [-0.4, -0.2) is 12.9 Å². The number of fused-ring (bicyclic) bond motifs is 1. The third kappa shape index (κ3) is 1.68. The Hall–Kier alpha value is -0.790. The number of ether oxygens (including phenoxy) is 1. The van der Waals surface area contributed by atoms with Crippen LogP contribution < -0.4 is 0 Å². The van der Waals surface area contributed by atoms with Gasteiger partial charge in [0.1, 0.15) is 0 Å². The number of rotatable bonds is 2. The maximum absolute atomic E-state index is 11.9. The van der Waals surface area contributed by atoms with Gasteiger partial charge in [0.05, 0.1) is 7.11 Å². The van der Waals surface area contributed by atoms with Gasteiger partial charge < -0.3 is 4.74 Å². The van der Waals surface area contributed by atoms with Gasteiger partial charge in [0.25, 0.3) is 0 Å². The van der Waals surface area contributed by atoms with Gasteiger partial charge in [-0.2, -0.15) is 0 Å². The van der Waals surface area contributed by atoms with Crippen LogP contribution >= 0.6 is 0 Å². The van der Waals surface area contributed by atoms with Crippen molar-refractivity contribution in [1.82, 2.24) is 0 Å². The number of allylic oxidation sites excluding steroid dienone is 2. The van der Waals surface area contributed by atoms with E-state index >= 15 is 0 Å². The standard InChI is InChI=1S/C14H22O2/c1-9(2)10-5-6-14(3)8-13(16-4)12(15)7-11(10)14/h8-11H,5-7H2,1-4H3/t10-,11+,14+/m1/s1. The van der Waals surface area contributed by atoms with Gasteiger partial charge in [0.2, 0.25) is 0 Å². The van der Waals surface area contributed by atoms with E-state index in [2.05, 4.69) is 26.8 Å². The molecule has 0 heterocycles. The van der Waals surface area contributed by atoms with Crippen molar-refractivity contribution in [3.05, 3.63) is 11.8 Å². The van der Waals surface area contributed by atoms with Crippen LogP contribution in [0.15, 0.2) is 11.8 Å². The third-order valence-corrected chi connectivity index (χ3v) is 4.60. The number of carbonyl (C=O) groups is 1. The van der Waals surface area contributed by atoms with Gasteiger partial charge in [0.15, 0.2) is 11.5 Å². The molecule has 2 heteroatoms. The van der Waals surface area contributed by atoms with Gasteiger partial charge in [-0.25, -0.2) is 0 Å². The first-order valence-corrected chi connectivity index (χ1v) is 6.28. The maximum atomic E-state index is 11.9. The van der Waals surface area contributed by atoms with Gasteiger partial charge in [-0.3, -0.25) is 4.79 Å². The largest absolute Gasteiger partial charge is 0.493 e. The van der Waals surface area contributed by atoms with Gasteiger partial charge >= 0.3 is 0 Å². The topological polar surface area (TPSA) is 26.3 Å². The summed E-state index contributed by atoms with van der Waals surface area (Å²) in [7, 11) is 1.60. The molecule has 0 bridgehead atoms. The third-order valence-electron chi connectivity index (χ3n) is 4.60. The predicted octanol–water partition coefficient (Wildman–Crippen LogP) is 3.18. The second kappa shape index (κ2) is 3.90. The lowest BCUT2D eigenvalue weighted by atomic mass is 9.68. The van der Waals surface area contributed by atoms with Crippen molar-refractivity contribution in [2.75, 3.05) is 7.11 Å². The monoisotopic (exact) mass is 222 g/mol. The number of ketones is 1. The number of hydrogen-bond acceptors (Lipinski definition) is 2. The second-order valence-electron chi connectivity index (χ2n) is 5.90. The summed E-state index contributed by atoms with van der Waals surface area (Å²) in [4.78, 5) is 11.9. The predicted molar refractivity (Wildman–Crippen MR) is 63.9 cm³/mol. The Kier molecular flexibility index (Phi) is 2.85. The summed E-state index contributed by atoms with van der Waals surface area (Å²) in [6.07, 6.45) is 5.21. The summed E-state index contributed by atoms with van der Waals surface area (Å²) in [5.74, 6) is 2.68. The summed E-state index contributed by atoms with van der Waals surface area (Å²) in [5.41, 5.74) is 0.189. The van der Waals surface area contributed by atoms with Gasteiger partial charge in [-0.05, 0) is 42.1 Å². The highest BCUT2D eigenvalue weighted by atomic mass is 16.5. The molecule has 0 aromatic heterocycles. The first-order valence-electron chi connectivity index (χ1n) is 6.28. The molecule has 0 amide bonds. The average Bonchev–Trinajstić information content (AvgIpc) is 2.54. The fourth-order valence-corrected chi connectivity index (χ4v) is 3.57. The molecule has 0 aromatic carbocycles. The Morgan fingerprint density at radius 2 is 2.19 bits per heavy atom. The summed E-state index contributed by atoms with van der Waals surface area (Å²) < 4.78 is 5.18. The van der Waals surface area contributed by atoms with E-state index in [0.717, 1.165) is 0 Å². The summed E-state index contributed by atoms with van der Waals surface area (Å²) in [6, 6.07) is 0. The zero-order chi connectivity index (χ0) is 11.9. The number of carbonyl (C=O) groups excluding carboxylic acids is 1. The molecule has 0 radical (unpaired) electrons. The molecule has 0 N–H and O–H groups in total. The zero-order valence-corrected chi connectivity index (χ0v) is 10.7. The maximum Gasteiger partial charge on any atom is 0.197 e. The highest BCUT2D eigenvalue weighted by Crippen LogP contribution is 2.54. The molecule has 0 aromatic rings. The van der Waals surface area contributed by atoms with Crippen LogP contribution in [0.3, 0.4) is 0 Å². The fourth-order valence-electron chi connectivity index (χ4n) is 3.57. The minimum absolute atomic E-state index is 0.189. The molecule has 3 atom stereocenters. The van der Waals surface area contributed by atoms with Crippen molar-refractivity contribution in [1.29, 1.82) is 0 Å². The van der Waals surface area contributed by atoms with Crippen molar-refractivity contribution >= 4 is 5.78 Å². The minimum Gasteiger partial charge on any atom is -0.493 e. The van der Waals surface area contributed by atoms with Crippen molar-refractivity contribution < 1.29 is 9.53 Å². The smallest absolute Gasteiger partial charge is 0.197 e. The molecule has 90 valence electrons. The van der Waals surface area contributed by atoms with E-state index in [1.807, 2.05) is 0 Å². The SMILES string of the molecule is COC1=C[C@]2(C)CC[C@H](C(C)C)[C@@H]2CC1=O. The summed E-state index contributed by atoms with van der Waals surface area (Å²) in [5, 5.41) is 0. The Morgan fingerprint density at radius 1 is 1.50 bits per heavy atom. The lowest BCUT2D eigenvalue weighted by Crippen LogP contribution is -2.33. The van der Waals surface area contributed by atoms with E-state index in [4.69, 9.17) is 4.74 Å². The quantitative estimate of drug-likeness (QED) is 0.717. The van der Waals surface area contributed by atoms with Crippen molar-refractivity contribution in [2.45, 2.75) is 40.0 Å². The molecule has 2 rings (SSSR count). The first kappa shape index (κ1) is 11.7. The average molecular weight is 222 g/mol. The van der Waals surface area contributed by atoms with Crippen LogP contribution in [0.1, 0.15) is 40.0 Å². The fraction of sp³-hybridized carbons (Fsp3) is 0.786. The molecule has 2 aliphatic carbocycles. The highest BCUT2D eigenvalue weighted by molar-refractivity contribution is 5.94. The lowest BCUT2D eigenvalue weighted by Gasteiger charge is -2.36. The highest BCUT2D eigenvalue weighted by Gasteiger charge is 2.48. The van der Waals surface area contributed by atoms with Gasteiger partial charge in [-0.15, -0.1) is 0 Å². The van der Waals surface area contributed by atoms with Crippen molar-refractivity contribution in [3.63, 3.8) is 0 Å². The summed E-state index contributed by atoms with van der Waals surface area (Å²) >= 11 is 0. The van der Waals surface area contributed by atoms with Crippen LogP contribution in [0.5, 0.6) is 0 Å². The number of methoxy groups -OCH3 is 1. The van der Waals surface area contributed by atoms with E-state index < -0.39 is 0 Å². The Balaban J connectivity index is 2.30. The van der Waals surface area contributed by atoms with Crippen LogP contribution in [-0.2, 0) is 9.53 Å². The molecule has 1 fully saturated rings. The second-order valence-corrected chi connectivity index (χ2v) is 5.90. The van der Waals surface area contributed by atoms with Crippen LogP contribution in [0.4, 0.5) is 0 Å². The van der Waals surface area contributed by atoms with Crippen LogP contribution in [0.25, 0.3) is 0 Å². The van der Waals surface area contributed by atoms with Gasteiger partial charge in [-0.1, -0.05) is 20.8 Å². The van der Waals surface area contributed by atoms with E-state index in [1.54, 1.807) is 7.11 Å². The Morgan fingerprint density at radius 3 is 2.75 bits per heavy atom. The molecule has 16 heavy (non-hydrogen) atoms. The van der Waals surface area contributed by atoms with Crippen LogP contribution in [0.2, 0.25) is 0 Å². The number of hydrogen-bond donors (Lipinski definition) is 0.